The number of amides is 3. The number of ether oxygens (including phenoxy) is 1. The van der Waals surface area contributed by atoms with Gasteiger partial charge in [0.25, 0.3) is 11.8 Å². The molecule has 9 nitrogen and oxygen atoms in total. The summed E-state index contributed by atoms with van der Waals surface area (Å²) in [6.07, 6.45) is 0.365. The molecule has 1 aromatic rings. The van der Waals surface area contributed by atoms with E-state index in [2.05, 4.69) is 5.32 Å². The van der Waals surface area contributed by atoms with E-state index in [1.807, 2.05) is 0 Å². The second-order valence-corrected chi connectivity index (χ2v) is 9.03. The van der Waals surface area contributed by atoms with Crippen molar-refractivity contribution in [1.82, 2.24) is 10.2 Å². The molecule has 1 heterocycles. The molecule has 154 valence electrons. The van der Waals surface area contributed by atoms with Gasteiger partial charge in [0.2, 0.25) is 5.91 Å². The lowest BCUT2D eigenvalue weighted by Gasteiger charge is -2.22. The zero-order valence-electron chi connectivity index (χ0n) is 15.3. The predicted molar refractivity (Wildman–Crippen MR) is 103 cm³/mol. The summed E-state index contributed by atoms with van der Waals surface area (Å²) in [7, 11) is -3.11. The van der Waals surface area contributed by atoms with Gasteiger partial charge >= 0.3 is 0 Å². The number of sulfone groups is 1. The maximum atomic E-state index is 12.4. The van der Waals surface area contributed by atoms with Crippen LogP contribution in [0, 0.1) is 0 Å². The number of rotatable bonds is 8. The van der Waals surface area contributed by atoms with E-state index in [4.69, 9.17) is 22.1 Å². The first-order valence-corrected chi connectivity index (χ1v) is 10.8. The smallest absolute Gasteiger partial charge is 0.260 e. The molecule has 0 radical (unpaired) electrons. The van der Waals surface area contributed by atoms with Crippen LogP contribution in [0.4, 0.5) is 0 Å². The molecule has 0 aliphatic carbocycles. The van der Waals surface area contributed by atoms with Crippen molar-refractivity contribution in [2.75, 3.05) is 31.2 Å². The summed E-state index contributed by atoms with van der Waals surface area (Å²) in [4.78, 5) is 37.2. The molecular formula is C17H22ClN3O6S. The maximum Gasteiger partial charge on any atom is 0.260 e. The minimum absolute atomic E-state index is 0.0449. The summed E-state index contributed by atoms with van der Waals surface area (Å²) in [5, 5.41) is 2.93. The zero-order valence-corrected chi connectivity index (χ0v) is 16.9. The van der Waals surface area contributed by atoms with E-state index >= 15 is 0 Å². The predicted octanol–water partition coefficient (Wildman–Crippen LogP) is -0.0305. The third-order valence-corrected chi connectivity index (χ3v) is 6.23. The van der Waals surface area contributed by atoms with Crippen molar-refractivity contribution in [2.24, 2.45) is 5.73 Å². The fourth-order valence-corrected chi connectivity index (χ4v) is 4.63. The first-order valence-electron chi connectivity index (χ1n) is 8.61. The van der Waals surface area contributed by atoms with E-state index in [-0.39, 0.29) is 35.9 Å². The monoisotopic (exact) mass is 431 g/mol. The molecule has 28 heavy (non-hydrogen) atoms. The molecule has 0 aromatic heterocycles. The fourth-order valence-electron chi connectivity index (χ4n) is 2.78. The second-order valence-electron chi connectivity index (χ2n) is 6.37. The SMILES string of the molecule is CCN(CC(=O)NC1CCS(=O)(=O)C1)C(=O)COc1ccc(Cl)cc1C(N)=O. The number of nitrogens with zero attached hydrogens (tertiary/aromatic N) is 1. The summed E-state index contributed by atoms with van der Waals surface area (Å²) in [5.41, 5.74) is 5.31. The number of nitrogens with one attached hydrogen (secondary N) is 1. The Balaban J connectivity index is 1.91. The molecule has 0 bridgehead atoms. The number of hydrogen-bond donors (Lipinski definition) is 2. The number of hydrogen-bond acceptors (Lipinski definition) is 6. The number of primary amides is 1. The number of nitrogens with two attached hydrogens (primary N) is 1. The molecule has 3 amide bonds. The van der Waals surface area contributed by atoms with Gasteiger partial charge in [-0.25, -0.2) is 8.42 Å². The topological polar surface area (TPSA) is 136 Å². The van der Waals surface area contributed by atoms with Gasteiger partial charge in [0.1, 0.15) is 5.75 Å². The lowest BCUT2D eigenvalue weighted by molar-refractivity contribution is -0.137. The van der Waals surface area contributed by atoms with Crippen molar-refractivity contribution in [3.8, 4) is 5.75 Å². The quantitative estimate of drug-likeness (QED) is 0.593. The number of likely N-dealkylation sites (N-methyl/N-ethyl adjacent to an activating group) is 1. The molecule has 1 aromatic carbocycles. The molecule has 3 N–H and O–H groups in total. The summed E-state index contributed by atoms with van der Waals surface area (Å²) < 4.78 is 28.3. The van der Waals surface area contributed by atoms with Gasteiger partial charge < -0.3 is 20.7 Å². The molecule has 2 rings (SSSR count). The van der Waals surface area contributed by atoms with Crippen molar-refractivity contribution in [3.05, 3.63) is 28.8 Å². The van der Waals surface area contributed by atoms with Crippen LogP contribution in [-0.4, -0.2) is 68.3 Å². The Morgan fingerprint density at radius 2 is 2.07 bits per heavy atom. The van der Waals surface area contributed by atoms with Crippen LogP contribution < -0.4 is 15.8 Å². The van der Waals surface area contributed by atoms with Crippen LogP contribution in [0.3, 0.4) is 0 Å². The highest BCUT2D eigenvalue weighted by Crippen LogP contribution is 2.22. The summed E-state index contributed by atoms with van der Waals surface area (Å²) >= 11 is 5.82. The molecule has 1 unspecified atom stereocenters. The first-order chi connectivity index (χ1) is 13.1. The molecule has 11 heteroatoms. The molecule has 0 saturated carbocycles. The summed E-state index contributed by atoms with van der Waals surface area (Å²) in [5.74, 6) is -1.59. The summed E-state index contributed by atoms with van der Waals surface area (Å²) in [6.45, 7) is 1.32. The third-order valence-electron chi connectivity index (χ3n) is 4.22. The van der Waals surface area contributed by atoms with Crippen molar-refractivity contribution >= 4 is 39.2 Å². The van der Waals surface area contributed by atoms with Crippen LogP contribution in [0.5, 0.6) is 5.75 Å². The lowest BCUT2D eigenvalue weighted by Crippen LogP contribution is -2.45. The standard InChI is InChI=1S/C17H22ClN3O6S/c1-2-21(8-15(22)20-12-5-6-28(25,26)10-12)16(23)9-27-14-4-3-11(18)7-13(14)17(19)24/h3-4,7,12H,2,5-6,8-10H2,1H3,(H2,19,24)(H,20,22). The average Bonchev–Trinajstić information content (AvgIpc) is 2.96. The Morgan fingerprint density at radius 3 is 2.64 bits per heavy atom. The van der Waals surface area contributed by atoms with Crippen LogP contribution in [0.2, 0.25) is 5.02 Å². The zero-order chi connectivity index (χ0) is 20.9. The van der Waals surface area contributed by atoms with E-state index in [1.54, 1.807) is 6.92 Å². The molecule has 1 aliphatic rings. The Labute approximate surface area is 168 Å². The van der Waals surface area contributed by atoms with E-state index in [1.165, 1.54) is 23.1 Å². The van der Waals surface area contributed by atoms with Gasteiger partial charge in [-0.2, -0.15) is 0 Å². The van der Waals surface area contributed by atoms with E-state index in [0.29, 0.717) is 11.4 Å². The van der Waals surface area contributed by atoms with Gasteiger partial charge in [-0.15, -0.1) is 0 Å². The van der Waals surface area contributed by atoms with Gasteiger partial charge in [-0.3, -0.25) is 14.4 Å². The van der Waals surface area contributed by atoms with E-state index < -0.39 is 40.2 Å². The van der Waals surface area contributed by atoms with Crippen LogP contribution in [0.25, 0.3) is 0 Å². The molecule has 1 aliphatic heterocycles. The van der Waals surface area contributed by atoms with E-state index in [9.17, 15) is 22.8 Å². The largest absolute Gasteiger partial charge is 0.483 e. The molecular weight excluding hydrogens is 410 g/mol. The fraction of sp³-hybridized carbons (Fsp3) is 0.471. The van der Waals surface area contributed by atoms with Crippen LogP contribution >= 0.6 is 11.6 Å². The van der Waals surface area contributed by atoms with Crippen LogP contribution in [0.15, 0.2) is 18.2 Å². The number of halogens is 1. The van der Waals surface area contributed by atoms with Crippen LogP contribution in [-0.2, 0) is 19.4 Å². The van der Waals surface area contributed by atoms with Gasteiger partial charge in [-0.1, -0.05) is 11.6 Å². The molecule has 0 spiro atoms. The van der Waals surface area contributed by atoms with Gasteiger partial charge in [0, 0.05) is 17.6 Å². The average molecular weight is 432 g/mol. The lowest BCUT2D eigenvalue weighted by atomic mass is 10.2. The minimum atomic E-state index is -3.11. The Morgan fingerprint density at radius 1 is 1.36 bits per heavy atom. The van der Waals surface area contributed by atoms with Crippen molar-refractivity contribution in [1.29, 1.82) is 0 Å². The minimum Gasteiger partial charge on any atom is -0.483 e. The van der Waals surface area contributed by atoms with E-state index in [0.717, 1.165) is 0 Å². The highest BCUT2D eigenvalue weighted by molar-refractivity contribution is 7.91. The highest BCUT2D eigenvalue weighted by Gasteiger charge is 2.29. The molecule has 1 fully saturated rings. The highest BCUT2D eigenvalue weighted by atomic mass is 35.5. The van der Waals surface area contributed by atoms with Gasteiger partial charge in [-0.05, 0) is 31.5 Å². The van der Waals surface area contributed by atoms with Crippen molar-refractivity contribution < 1.29 is 27.5 Å². The number of carbonyl (C=O) groups is 3. The Kier molecular flexibility index (Phi) is 7.25. The number of benzene rings is 1. The van der Waals surface area contributed by atoms with Gasteiger partial charge in [0.05, 0.1) is 23.6 Å². The third kappa shape index (κ3) is 6.10. The Hall–Kier alpha value is -2.33. The molecule has 1 atom stereocenters. The van der Waals surface area contributed by atoms with Gasteiger partial charge in [0.15, 0.2) is 16.4 Å². The van der Waals surface area contributed by atoms with Crippen LogP contribution in [0.1, 0.15) is 23.7 Å². The maximum absolute atomic E-state index is 12.4. The second kappa shape index (κ2) is 9.24. The normalized spacial score (nSPS) is 17.7. The van der Waals surface area contributed by atoms with Crippen molar-refractivity contribution in [2.45, 2.75) is 19.4 Å². The molecule has 1 saturated heterocycles. The first kappa shape index (κ1) is 22.0. The Bertz CT molecular complexity index is 874. The van der Waals surface area contributed by atoms with Crippen molar-refractivity contribution in [3.63, 3.8) is 0 Å². The summed E-state index contributed by atoms with van der Waals surface area (Å²) in [6, 6.07) is 3.83. The number of carbonyl (C=O) groups excluding carboxylic acids is 3.